The van der Waals surface area contributed by atoms with Gasteiger partial charge in [0.2, 0.25) is 0 Å². The molecule has 0 bridgehead atoms. The fourth-order valence-electron chi connectivity index (χ4n) is 2.92. The summed E-state index contributed by atoms with van der Waals surface area (Å²) >= 11 is 0. The molecule has 3 rings (SSSR count). The van der Waals surface area contributed by atoms with E-state index in [1.807, 2.05) is 4.57 Å². The van der Waals surface area contributed by atoms with E-state index < -0.39 is 0 Å². The van der Waals surface area contributed by atoms with Crippen LogP contribution in [0, 0.1) is 17.0 Å². The Morgan fingerprint density at radius 2 is 2.10 bits per heavy atom. The number of nitrogens with zero attached hydrogens (tertiary/aromatic N) is 3. The van der Waals surface area contributed by atoms with Gasteiger partial charge in [-0.1, -0.05) is 18.9 Å². The fraction of sp³-hybridized carbons (Fsp3) is 0.333. The molecular weight excluding hydrogens is 254 g/mol. The van der Waals surface area contributed by atoms with E-state index in [2.05, 4.69) is 11.9 Å². The molecule has 20 heavy (non-hydrogen) atoms. The number of hydrogen-bond donors (Lipinski definition) is 0. The second-order valence-electron chi connectivity index (χ2n) is 5.22. The zero-order chi connectivity index (χ0) is 14.1. The Hall–Kier alpha value is -2.17. The molecule has 0 spiro atoms. The van der Waals surface area contributed by atoms with Crippen LogP contribution in [0.4, 0.5) is 5.69 Å². The van der Waals surface area contributed by atoms with Crippen molar-refractivity contribution in [1.29, 1.82) is 0 Å². The van der Waals surface area contributed by atoms with E-state index in [1.54, 1.807) is 24.5 Å². The van der Waals surface area contributed by atoms with E-state index in [0.29, 0.717) is 11.6 Å². The molecule has 1 saturated carbocycles. The van der Waals surface area contributed by atoms with Gasteiger partial charge in [0.1, 0.15) is 11.5 Å². The van der Waals surface area contributed by atoms with Crippen molar-refractivity contribution in [1.82, 2.24) is 9.55 Å². The summed E-state index contributed by atoms with van der Waals surface area (Å²) in [5.74, 6) is 1.33. The quantitative estimate of drug-likeness (QED) is 0.632. The van der Waals surface area contributed by atoms with Crippen molar-refractivity contribution in [3.8, 4) is 5.69 Å². The maximum absolute atomic E-state index is 11.2. The van der Waals surface area contributed by atoms with E-state index in [1.165, 1.54) is 18.9 Å². The van der Waals surface area contributed by atoms with E-state index in [0.717, 1.165) is 24.2 Å². The highest BCUT2D eigenvalue weighted by molar-refractivity contribution is 5.55. The predicted octanol–water partition coefficient (Wildman–Crippen LogP) is 3.62. The van der Waals surface area contributed by atoms with Gasteiger partial charge in [-0.15, -0.1) is 0 Å². The lowest BCUT2D eigenvalue weighted by molar-refractivity contribution is -0.384. The molecule has 1 aliphatic rings. The molecule has 1 aromatic carbocycles. The highest BCUT2D eigenvalue weighted by Crippen LogP contribution is 2.35. The summed E-state index contributed by atoms with van der Waals surface area (Å²) in [6.45, 7) is 3.86. The molecule has 5 nitrogen and oxygen atoms in total. The summed E-state index contributed by atoms with van der Waals surface area (Å²) < 4.78 is 1.85. The minimum Gasteiger partial charge on any atom is -0.297 e. The lowest BCUT2D eigenvalue weighted by Crippen LogP contribution is -2.07. The van der Waals surface area contributed by atoms with Gasteiger partial charge in [0, 0.05) is 24.4 Å². The van der Waals surface area contributed by atoms with Crippen LogP contribution in [-0.4, -0.2) is 14.5 Å². The summed E-state index contributed by atoms with van der Waals surface area (Å²) in [4.78, 5) is 15.3. The molecule has 0 aliphatic heterocycles. The Morgan fingerprint density at radius 3 is 2.80 bits per heavy atom. The Morgan fingerprint density at radius 1 is 1.35 bits per heavy atom. The van der Waals surface area contributed by atoms with Crippen LogP contribution in [0.2, 0.25) is 0 Å². The normalized spacial score (nSPS) is 15.7. The first-order valence-electron chi connectivity index (χ1n) is 6.81. The van der Waals surface area contributed by atoms with E-state index in [4.69, 9.17) is 0 Å². The van der Waals surface area contributed by atoms with Gasteiger partial charge in [-0.25, -0.2) is 4.98 Å². The molecule has 1 fully saturated rings. The molecule has 0 N–H and O–H groups in total. The second kappa shape index (κ2) is 5.07. The highest BCUT2D eigenvalue weighted by atomic mass is 16.6. The minimum atomic E-state index is -0.354. The van der Waals surface area contributed by atoms with Gasteiger partial charge >= 0.3 is 0 Å². The fourth-order valence-corrected chi connectivity index (χ4v) is 2.92. The number of benzene rings is 1. The predicted molar refractivity (Wildman–Crippen MR) is 75.9 cm³/mol. The maximum Gasteiger partial charge on any atom is 0.293 e. The lowest BCUT2D eigenvalue weighted by Gasteiger charge is -2.13. The van der Waals surface area contributed by atoms with Crippen molar-refractivity contribution in [3.63, 3.8) is 0 Å². The lowest BCUT2D eigenvalue weighted by atomic mass is 10.1. The number of rotatable bonds is 3. The van der Waals surface area contributed by atoms with E-state index >= 15 is 0 Å². The minimum absolute atomic E-state index is 0.0923. The third-order valence-corrected chi connectivity index (χ3v) is 3.89. The molecule has 1 aromatic heterocycles. The number of hydrogen-bond acceptors (Lipinski definition) is 3. The van der Waals surface area contributed by atoms with Crippen LogP contribution < -0.4 is 0 Å². The van der Waals surface area contributed by atoms with Crippen molar-refractivity contribution in [3.05, 3.63) is 59.0 Å². The number of aromatic nitrogens is 2. The summed E-state index contributed by atoms with van der Waals surface area (Å²) in [6, 6.07) is 4.92. The van der Waals surface area contributed by atoms with Crippen LogP contribution in [0.1, 0.15) is 43.0 Å². The zero-order valence-corrected chi connectivity index (χ0v) is 11.2. The smallest absolute Gasteiger partial charge is 0.293 e. The van der Waals surface area contributed by atoms with Gasteiger partial charge in [-0.05, 0) is 31.4 Å². The third-order valence-electron chi connectivity index (χ3n) is 3.89. The largest absolute Gasteiger partial charge is 0.297 e. The summed E-state index contributed by atoms with van der Waals surface area (Å²) in [5, 5.41) is 11.2. The third kappa shape index (κ3) is 2.19. The molecule has 1 radical (unpaired) electrons. The van der Waals surface area contributed by atoms with Crippen LogP contribution in [0.5, 0.6) is 0 Å². The first kappa shape index (κ1) is 12.8. The molecule has 1 heterocycles. The number of imidazole rings is 1. The van der Waals surface area contributed by atoms with Gasteiger partial charge in [-0.2, -0.15) is 0 Å². The Kier molecular flexibility index (Phi) is 3.26. The van der Waals surface area contributed by atoms with Crippen LogP contribution in [0.15, 0.2) is 30.6 Å². The maximum atomic E-state index is 11.2. The van der Waals surface area contributed by atoms with Gasteiger partial charge in [-0.3, -0.25) is 14.7 Å². The van der Waals surface area contributed by atoms with E-state index in [9.17, 15) is 10.1 Å². The Labute approximate surface area is 117 Å². The van der Waals surface area contributed by atoms with Crippen LogP contribution in [0.3, 0.4) is 0 Å². The van der Waals surface area contributed by atoms with Crippen molar-refractivity contribution >= 4 is 5.69 Å². The van der Waals surface area contributed by atoms with Gasteiger partial charge in [0.05, 0.1) is 4.92 Å². The number of nitro benzene ring substituents is 1. The summed E-state index contributed by atoms with van der Waals surface area (Å²) in [7, 11) is 0. The van der Waals surface area contributed by atoms with Crippen LogP contribution >= 0.6 is 0 Å². The van der Waals surface area contributed by atoms with Crippen LogP contribution in [-0.2, 0) is 0 Å². The molecule has 0 atom stereocenters. The highest BCUT2D eigenvalue weighted by Gasteiger charge is 2.24. The molecule has 0 unspecified atom stereocenters. The topological polar surface area (TPSA) is 61.0 Å². The molecule has 0 amide bonds. The SMILES string of the molecule is [CH2]c1ccc([N+](=O)[O-])c(-n2ccnc2C2CCCC2)c1. The molecule has 2 aromatic rings. The first-order chi connectivity index (χ1) is 9.66. The van der Waals surface area contributed by atoms with E-state index in [-0.39, 0.29) is 10.6 Å². The van der Waals surface area contributed by atoms with Gasteiger partial charge < -0.3 is 0 Å². The van der Waals surface area contributed by atoms with Crippen molar-refractivity contribution in [2.45, 2.75) is 31.6 Å². The number of nitro groups is 1. The Balaban J connectivity index is 2.11. The molecule has 1 aliphatic carbocycles. The van der Waals surface area contributed by atoms with Crippen LogP contribution in [0.25, 0.3) is 5.69 Å². The summed E-state index contributed by atoms with van der Waals surface area (Å²) in [5.41, 5.74) is 1.41. The Bertz CT molecular complexity index is 642. The van der Waals surface area contributed by atoms with Gasteiger partial charge in [0.25, 0.3) is 5.69 Å². The van der Waals surface area contributed by atoms with Gasteiger partial charge in [0.15, 0.2) is 0 Å². The average Bonchev–Trinajstić information content (AvgIpc) is 3.09. The van der Waals surface area contributed by atoms with Crippen molar-refractivity contribution in [2.75, 3.05) is 0 Å². The zero-order valence-electron chi connectivity index (χ0n) is 11.2. The van der Waals surface area contributed by atoms with Crippen molar-refractivity contribution < 1.29 is 4.92 Å². The second-order valence-corrected chi connectivity index (χ2v) is 5.22. The monoisotopic (exact) mass is 270 g/mol. The average molecular weight is 270 g/mol. The molecular formula is C15H16N3O2. The van der Waals surface area contributed by atoms with Crippen molar-refractivity contribution in [2.24, 2.45) is 0 Å². The molecule has 0 saturated heterocycles. The molecule has 5 heteroatoms. The summed E-state index contributed by atoms with van der Waals surface area (Å²) in [6.07, 6.45) is 8.14. The standard InChI is InChI=1S/C15H16N3O2/c1-11-6-7-13(18(19)20)14(10-11)17-9-8-16-15(17)12-4-2-3-5-12/h6-10,12H,1-5H2. The first-order valence-corrected chi connectivity index (χ1v) is 6.81. The molecule has 103 valence electrons.